The van der Waals surface area contributed by atoms with Crippen LogP contribution in [0.25, 0.3) is 17.1 Å². The minimum Gasteiger partial charge on any atom is -0.442 e. The van der Waals surface area contributed by atoms with Gasteiger partial charge in [-0.15, -0.1) is 0 Å². The largest absolute Gasteiger partial charge is 0.442 e. The summed E-state index contributed by atoms with van der Waals surface area (Å²) >= 11 is 0. The Morgan fingerprint density at radius 2 is 2.27 bits per heavy atom. The molecule has 2 aromatic heterocycles. The predicted octanol–water partition coefficient (Wildman–Crippen LogP) is 1.01. The highest BCUT2D eigenvalue weighted by Crippen LogP contribution is 2.26. The number of nitrogens with one attached hydrogen (secondary N) is 1. The molecule has 1 saturated heterocycles. The average Bonchev–Trinajstić information content (AvgIpc) is 3.45. The van der Waals surface area contributed by atoms with Crippen molar-refractivity contribution >= 4 is 17.7 Å². The number of rotatable bonds is 6. The van der Waals surface area contributed by atoms with Crippen LogP contribution in [0.1, 0.15) is 12.8 Å². The SMILES string of the molecule is CC(=O)NC[C@H]1CN(c2ccc(-n3cc(-c4noc(CO)n4)cn3)c(F)c2)C(=O)O1. The van der Waals surface area contributed by atoms with E-state index in [9.17, 15) is 14.0 Å². The minimum atomic E-state index is -0.615. The number of ether oxygens (including phenoxy) is 1. The monoisotopic (exact) mass is 416 g/mol. The molecule has 30 heavy (non-hydrogen) atoms. The Bertz CT molecular complexity index is 1100. The van der Waals surface area contributed by atoms with Gasteiger partial charge >= 0.3 is 6.09 Å². The van der Waals surface area contributed by atoms with Gasteiger partial charge in [-0.05, 0) is 18.2 Å². The van der Waals surface area contributed by atoms with Gasteiger partial charge in [-0.1, -0.05) is 5.16 Å². The summed E-state index contributed by atoms with van der Waals surface area (Å²) in [5.41, 5.74) is 0.953. The fraction of sp³-hybridized carbons (Fsp3) is 0.278. The van der Waals surface area contributed by atoms with Gasteiger partial charge in [0.15, 0.2) is 5.82 Å². The summed E-state index contributed by atoms with van der Waals surface area (Å²) in [5.74, 6) is -0.564. The van der Waals surface area contributed by atoms with E-state index in [-0.39, 0.29) is 43.0 Å². The van der Waals surface area contributed by atoms with Gasteiger partial charge < -0.3 is 19.7 Å². The van der Waals surface area contributed by atoms with Crippen LogP contribution in [0.3, 0.4) is 0 Å². The highest BCUT2D eigenvalue weighted by Gasteiger charge is 2.32. The molecule has 4 rings (SSSR count). The average molecular weight is 416 g/mol. The van der Waals surface area contributed by atoms with Crippen molar-refractivity contribution in [3.05, 3.63) is 42.3 Å². The number of benzene rings is 1. The topological polar surface area (TPSA) is 136 Å². The minimum absolute atomic E-state index is 0.0580. The van der Waals surface area contributed by atoms with Gasteiger partial charge in [0.2, 0.25) is 11.7 Å². The Hall–Kier alpha value is -3.80. The molecule has 1 aliphatic rings. The van der Waals surface area contributed by atoms with E-state index in [0.29, 0.717) is 11.3 Å². The highest BCUT2D eigenvalue weighted by molar-refractivity contribution is 5.90. The van der Waals surface area contributed by atoms with Crippen molar-refractivity contribution in [2.24, 2.45) is 0 Å². The molecule has 0 bridgehead atoms. The summed E-state index contributed by atoms with van der Waals surface area (Å²) < 4.78 is 26.1. The Kier molecular flexibility index (Phi) is 5.14. The van der Waals surface area contributed by atoms with Crippen LogP contribution >= 0.6 is 0 Å². The van der Waals surface area contributed by atoms with Crippen LogP contribution in [0.5, 0.6) is 0 Å². The van der Waals surface area contributed by atoms with Crippen molar-refractivity contribution in [2.75, 3.05) is 18.0 Å². The lowest BCUT2D eigenvalue weighted by Gasteiger charge is -2.14. The smallest absolute Gasteiger partial charge is 0.414 e. The van der Waals surface area contributed by atoms with Crippen molar-refractivity contribution < 1.29 is 28.3 Å². The number of amides is 2. The van der Waals surface area contributed by atoms with Crippen molar-refractivity contribution in [2.45, 2.75) is 19.6 Å². The van der Waals surface area contributed by atoms with Crippen molar-refractivity contribution in [1.29, 1.82) is 0 Å². The lowest BCUT2D eigenvalue weighted by Crippen LogP contribution is -2.33. The molecule has 2 amide bonds. The van der Waals surface area contributed by atoms with E-state index >= 15 is 0 Å². The van der Waals surface area contributed by atoms with E-state index in [1.54, 1.807) is 6.07 Å². The molecule has 0 saturated carbocycles. The van der Waals surface area contributed by atoms with Gasteiger partial charge in [0, 0.05) is 13.1 Å². The second-order valence-electron chi connectivity index (χ2n) is 6.53. The summed E-state index contributed by atoms with van der Waals surface area (Å²) in [6.45, 7) is 1.35. The molecular formula is C18H17FN6O5. The van der Waals surface area contributed by atoms with E-state index in [1.165, 1.54) is 41.0 Å². The maximum Gasteiger partial charge on any atom is 0.414 e. The Morgan fingerprint density at radius 1 is 1.43 bits per heavy atom. The third-order valence-electron chi connectivity index (χ3n) is 4.39. The number of aromatic nitrogens is 4. The predicted molar refractivity (Wildman–Crippen MR) is 99.0 cm³/mol. The molecule has 1 aromatic carbocycles. The highest BCUT2D eigenvalue weighted by atomic mass is 19.1. The summed E-state index contributed by atoms with van der Waals surface area (Å²) in [4.78, 5) is 28.4. The normalized spacial score (nSPS) is 16.0. The van der Waals surface area contributed by atoms with Gasteiger partial charge in [0.05, 0.1) is 30.5 Å². The number of hydrogen-bond donors (Lipinski definition) is 2. The first-order valence-electron chi connectivity index (χ1n) is 8.95. The van der Waals surface area contributed by atoms with E-state index in [0.717, 1.165) is 0 Å². The molecule has 2 N–H and O–H groups in total. The summed E-state index contributed by atoms with van der Waals surface area (Å²) in [7, 11) is 0. The third kappa shape index (κ3) is 3.85. The standard InChI is InChI=1S/C18H17FN6O5/c1-10(27)20-6-13-8-24(18(28)29-13)12-2-3-15(14(19)4-12)25-7-11(5-21-25)17-22-16(9-26)30-23-17/h2-5,7,13,26H,6,8-9H2,1H3,(H,20,27)/t13-/m0/s1. The molecule has 0 aliphatic carbocycles. The summed E-state index contributed by atoms with van der Waals surface area (Å²) in [5, 5.41) is 19.4. The second kappa shape index (κ2) is 7.91. The number of hydrogen-bond acceptors (Lipinski definition) is 8. The first kappa shape index (κ1) is 19.5. The van der Waals surface area contributed by atoms with Gasteiger partial charge in [-0.2, -0.15) is 10.1 Å². The Balaban J connectivity index is 1.51. The lowest BCUT2D eigenvalue weighted by atomic mass is 10.2. The molecule has 0 spiro atoms. The molecule has 3 aromatic rings. The molecular weight excluding hydrogens is 399 g/mol. The number of anilines is 1. The molecule has 3 heterocycles. The number of carbonyl (C=O) groups excluding carboxylic acids is 2. The van der Waals surface area contributed by atoms with Crippen LogP contribution in [0.4, 0.5) is 14.9 Å². The van der Waals surface area contributed by atoms with Crippen LogP contribution in [0.15, 0.2) is 35.1 Å². The fourth-order valence-corrected chi connectivity index (χ4v) is 2.95. The number of cyclic esters (lactones) is 1. The van der Waals surface area contributed by atoms with Crippen LogP contribution in [-0.4, -0.2) is 56.2 Å². The maximum atomic E-state index is 14.8. The lowest BCUT2D eigenvalue weighted by molar-refractivity contribution is -0.119. The molecule has 0 radical (unpaired) electrons. The third-order valence-corrected chi connectivity index (χ3v) is 4.39. The molecule has 0 unspecified atom stereocenters. The van der Waals surface area contributed by atoms with Crippen LogP contribution in [0, 0.1) is 5.82 Å². The molecule has 11 nitrogen and oxygen atoms in total. The van der Waals surface area contributed by atoms with E-state index < -0.39 is 18.0 Å². The van der Waals surface area contributed by atoms with E-state index in [2.05, 4.69) is 20.6 Å². The molecule has 156 valence electrons. The van der Waals surface area contributed by atoms with Gasteiger partial charge in [-0.3, -0.25) is 9.69 Å². The quantitative estimate of drug-likeness (QED) is 0.608. The first-order valence-corrected chi connectivity index (χ1v) is 8.95. The van der Waals surface area contributed by atoms with Crippen LogP contribution < -0.4 is 10.2 Å². The van der Waals surface area contributed by atoms with Crippen LogP contribution in [-0.2, 0) is 16.1 Å². The van der Waals surface area contributed by atoms with Crippen LogP contribution in [0.2, 0.25) is 0 Å². The molecule has 1 atom stereocenters. The molecule has 1 fully saturated rings. The van der Waals surface area contributed by atoms with Gasteiger partial charge in [-0.25, -0.2) is 13.9 Å². The Labute approximate surface area is 169 Å². The number of carbonyl (C=O) groups is 2. The molecule has 1 aliphatic heterocycles. The fourth-order valence-electron chi connectivity index (χ4n) is 2.95. The van der Waals surface area contributed by atoms with Crippen molar-refractivity contribution in [3.63, 3.8) is 0 Å². The maximum absolute atomic E-state index is 14.8. The zero-order chi connectivity index (χ0) is 21.3. The number of aliphatic hydroxyl groups excluding tert-OH is 1. The van der Waals surface area contributed by atoms with Gasteiger partial charge in [0.25, 0.3) is 5.89 Å². The van der Waals surface area contributed by atoms with E-state index in [4.69, 9.17) is 14.4 Å². The number of nitrogens with zero attached hydrogens (tertiary/aromatic N) is 5. The first-order chi connectivity index (χ1) is 14.4. The zero-order valence-corrected chi connectivity index (χ0v) is 15.8. The number of halogens is 1. The summed E-state index contributed by atoms with van der Waals surface area (Å²) in [6.07, 6.45) is 1.81. The Morgan fingerprint density at radius 3 is 2.97 bits per heavy atom. The van der Waals surface area contributed by atoms with E-state index in [1.807, 2.05) is 0 Å². The summed E-state index contributed by atoms with van der Waals surface area (Å²) in [6, 6.07) is 4.25. The van der Waals surface area contributed by atoms with Crippen molar-refractivity contribution in [3.8, 4) is 17.1 Å². The zero-order valence-electron chi connectivity index (χ0n) is 15.8. The van der Waals surface area contributed by atoms with Crippen molar-refractivity contribution in [1.82, 2.24) is 25.2 Å². The number of aliphatic hydroxyl groups is 1. The molecule has 12 heteroatoms. The van der Waals surface area contributed by atoms with Gasteiger partial charge in [0.1, 0.15) is 18.4 Å². The second-order valence-corrected chi connectivity index (χ2v) is 6.53.